The van der Waals surface area contributed by atoms with E-state index in [4.69, 9.17) is 31.5 Å². The number of ether oxygens (including phenoxy) is 3. The van der Waals surface area contributed by atoms with E-state index >= 15 is 0 Å². The zero-order valence-electron chi connectivity index (χ0n) is 8.48. The SMILES string of the molecule is NC[C@@H](O)COc1cc2c(cc1Cl)OCO2. The summed E-state index contributed by atoms with van der Waals surface area (Å²) in [6.45, 7) is 0.415. The Bertz CT molecular complexity index is 385. The van der Waals surface area contributed by atoms with Crippen molar-refractivity contribution >= 4 is 11.6 Å². The first-order chi connectivity index (χ1) is 7.70. The van der Waals surface area contributed by atoms with Gasteiger partial charge in [-0.15, -0.1) is 0 Å². The van der Waals surface area contributed by atoms with E-state index < -0.39 is 6.10 Å². The summed E-state index contributed by atoms with van der Waals surface area (Å²) in [5, 5.41) is 9.67. The van der Waals surface area contributed by atoms with Crippen LogP contribution in [0.2, 0.25) is 5.02 Å². The van der Waals surface area contributed by atoms with E-state index in [2.05, 4.69) is 0 Å². The molecular formula is C10H12ClNO4. The van der Waals surface area contributed by atoms with E-state index in [1.54, 1.807) is 12.1 Å². The van der Waals surface area contributed by atoms with Gasteiger partial charge in [-0.1, -0.05) is 11.6 Å². The Labute approximate surface area is 97.7 Å². The van der Waals surface area contributed by atoms with Gasteiger partial charge in [-0.05, 0) is 0 Å². The summed E-state index contributed by atoms with van der Waals surface area (Å²) in [6.07, 6.45) is -0.707. The fourth-order valence-corrected chi connectivity index (χ4v) is 1.47. The summed E-state index contributed by atoms with van der Waals surface area (Å²) in [4.78, 5) is 0. The molecule has 2 rings (SSSR count). The van der Waals surface area contributed by atoms with Gasteiger partial charge in [0, 0.05) is 18.7 Å². The summed E-state index contributed by atoms with van der Waals surface area (Å²) in [5.41, 5.74) is 5.26. The zero-order chi connectivity index (χ0) is 11.5. The van der Waals surface area contributed by atoms with Crippen LogP contribution in [0.3, 0.4) is 0 Å². The van der Waals surface area contributed by atoms with Gasteiger partial charge >= 0.3 is 0 Å². The molecule has 0 fully saturated rings. The lowest BCUT2D eigenvalue weighted by Crippen LogP contribution is -2.26. The number of aliphatic hydroxyl groups excluding tert-OH is 1. The van der Waals surface area contributed by atoms with E-state index in [-0.39, 0.29) is 19.9 Å². The number of rotatable bonds is 4. The van der Waals surface area contributed by atoms with Crippen LogP contribution in [-0.4, -0.2) is 31.2 Å². The lowest BCUT2D eigenvalue weighted by Gasteiger charge is -2.11. The van der Waals surface area contributed by atoms with Crippen molar-refractivity contribution in [3.63, 3.8) is 0 Å². The van der Waals surface area contributed by atoms with Crippen molar-refractivity contribution in [1.29, 1.82) is 0 Å². The van der Waals surface area contributed by atoms with Gasteiger partial charge in [0.15, 0.2) is 11.5 Å². The van der Waals surface area contributed by atoms with Gasteiger partial charge in [-0.2, -0.15) is 0 Å². The molecule has 0 saturated carbocycles. The van der Waals surface area contributed by atoms with Crippen LogP contribution in [0.1, 0.15) is 0 Å². The second-order valence-corrected chi connectivity index (χ2v) is 3.74. The van der Waals surface area contributed by atoms with E-state index in [9.17, 15) is 5.11 Å². The molecule has 1 aromatic carbocycles. The second kappa shape index (κ2) is 4.78. The van der Waals surface area contributed by atoms with Gasteiger partial charge in [0.2, 0.25) is 6.79 Å². The lowest BCUT2D eigenvalue weighted by atomic mass is 10.3. The van der Waals surface area contributed by atoms with Gasteiger partial charge in [0.05, 0.1) is 5.02 Å². The maximum Gasteiger partial charge on any atom is 0.231 e. The van der Waals surface area contributed by atoms with Crippen LogP contribution in [0.15, 0.2) is 12.1 Å². The van der Waals surface area contributed by atoms with Gasteiger partial charge in [-0.3, -0.25) is 0 Å². The molecule has 1 atom stereocenters. The van der Waals surface area contributed by atoms with Crippen LogP contribution in [0, 0.1) is 0 Å². The zero-order valence-corrected chi connectivity index (χ0v) is 9.24. The Kier molecular flexibility index (Phi) is 3.38. The highest BCUT2D eigenvalue weighted by Gasteiger charge is 2.17. The molecule has 88 valence electrons. The summed E-state index contributed by atoms with van der Waals surface area (Å²) < 4.78 is 15.6. The van der Waals surface area contributed by atoms with Gasteiger partial charge in [0.25, 0.3) is 0 Å². The first-order valence-electron chi connectivity index (χ1n) is 4.81. The van der Waals surface area contributed by atoms with Crippen molar-refractivity contribution in [3.8, 4) is 17.2 Å². The maximum atomic E-state index is 9.25. The lowest BCUT2D eigenvalue weighted by molar-refractivity contribution is 0.114. The summed E-state index contributed by atoms with van der Waals surface area (Å²) in [7, 11) is 0. The Hall–Kier alpha value is -1.17. The van der Waals surface area contributed by atoms with Crippen molar-refractivity contribution in [1.82, 2.24) is 0 Å². The Morgan fingerprint density at radius 1 is 1.44 bits per heavy atom. The van der Waals surface area contributed by atoms with Crippen molar-refractivity contribution in [2.75, 3.05) is 19.9 Å². The minimum Gasteiger partial charge on any atom is -0.489 e. The minimum atomic E-state index is -0.707. The standard InChI is InChI=1S/C10H12ClNO4/c11-7-1-9-10(16-5-15-9)2-8(7)14-4-6(13)3-12/h1-2,6,13H,3-5,12H2/t6-/m1/s1. The molecule has 0 radical (unpaired) electrons. The highest BCUT2D eigenvalue weighted by molar-refractivity contribution is 6.32. The Balaban J connectivity index is 2.09. The smallest absolute Gasteiger partial charge is 0.231 e. The number of hydrogen-bond acceptors (Lipinski definition) is 5. The number of hydrogen-bond donors (Lipinski definition) is 2. The van der Waals surface area contributed by atoms with Crippen molar-refractivity contribution < 1.29 is 19.3 Å². The fraction of sp³-hybridized carbons (Fsp3) is 0.400. The first-order valence-corrected chi connectivity index (χ1v) is 5.18. The molecule has 1 aliphatic heterocycles. The molecule has 6 heteroatoms. The molecule has 0 aromatic heterocycles. The molecule has 0 spiro atoms. The van der Waals surface area contributed by atoms with E-state index in [0.717, 1.165) is 0 Å². The maximum absolute atomic E-state index is 9.25. The minimum absolute atomic E-state index is 0.0931. The van der Waals surface area contributed by atoms with Crippen molar-refractivity contribution in [3.05, 3.63) is 17.2 Å². The normalized spacial score (nSPS) is 14.9. The topological polar surface area (TPSA) is 73.9 Å². The Morgan fingerprint density at radius 2 is 2.12 bits per heavy atom. The fourth-order valence-electron chi connectivity index (χ4n) is 1.26. The number of halogens is 1. The number of fused-ring (bicyclic) bond motifs is 1. The quantitative estimate of drug-likeness (QED) is 0.820. The molecule has 3 N–H and O–H groups in total. The largest absolute Gasteiger partial charge is 0.489 e. The van der Waals surface area contributed by atoms with Crippen LogP contribution in [-0.2, 0) is 0 Å². The van der Waals surface area contributed by atoms with Crippen LogP contribution >= 0.6 is 11.6 Å². The van der Waals surface area contributed by atoms with Crippen molar-refractivity contribution in [2.45, 2.75) is 6.10 Å². The van der Waals surface area contributed by atoms with E-state index in [1.807, 2.05) is 0 Å². The molecule has 0 unspecified atom stereocenters. The highest BCUT2D eigenvalue weighted by atomic mass is 35.5. The van der Waals surface area contributed by atoms with Crippen LogP contribution in [0.25, 0.3) is 0 Å². The first kappa shape index (κ1) is 11.3. The monoisotopic (exact) mass is 245 g/mol. The average Bonchev–Trinajstić information content (AvgIpc) is 2.72. The molecule has 5 nitrogen and oxygen atoms in total. The van der Waals surface area contributed by atoms with Crippen LogP contribution in [0.4, 0.5) is 0 Å². The molecule has 0 saturated heterocycles. The predicted octanol–water partition coefficient (Wildman–Crippen LogP) is 0.767. The summed E-state index contributed by atoms with van der Waals surface area (Å²) in [6, 6.07) is 3.25. The van der Waals surface area contributed by atoms with E-state index in [1.165, 1.54) is 0 Å². The molecule has 1 aromatic rings. The van der Waals surface area contributed by atoms with Gasteiger partial charge in [-0.25, -0.2) is 0 Å². The third kappa shape index (κ3) is 2.32. The molecular weight excluding hydrogens is 234 g/mol. The number of aliphatic hydroxyl groups is 1. The van der Waals surface area contributed by atoms with Crippen LogP contribution < -0.4 is 19.9 Å². The van der Waals surface area contributed by atoms with Crippen LogP contribution in [0.5, 0.6) is 17.2 Å². The van der Waals surface area contributed by atoms with Gasteiger partial charge in [0.1, 0.15) is 18.5 Å². The Morgan fingerprint density at radius 3 is 2.81 bits per heavy atom. The third-order valence-corrected chi connectivity index (χ3v) is 2.43. The molecule has 1 aliphatic rings. The number of benzene rings is 1. The third-order valence-electron chi connectivity index (χ3n) is 2.13. The average molecular weight is 246 g/mol. The predicted molar refractivity (Wildman–Crippen MR) is 58.1 cm³/mol. The molecule has 0 bridgehead atoms. The van der Waals surface area contributed by atoms with Gasteiger partial charge < -0.3 is 25.1 Å². The highest BCUT2D eigenvalue weighted by Crippen LogP contribution is 2.40. The molecule has 1 heterocycles. The number of nitrogens with two attached hydrogens (primary N) is 1. The molecule has 0 amide bonds. The molecule has 16 heavy (non-hydrogen) atoms. The van der Waals surface area contributed by atoms with Crippen molar-refractivity contribution in [2.24, 2.45) is 5.73 Å². The van der Waals surface area contributed by atoms with E-state index in [0.29, 0.717) is 22.3 Å². The second-order valence-electron chi connectivity index (χ2n) is 3.34. The summed E-state index contributed by atoms with van der Waals surface area (Å²) in [5.74, 6) is 1.62. The summed E-state index contributed by atoms with van der Waals surface area (Å²) >= 11 is 5.96. The molecule has 0 aliphatic carbocycles.